The summed E-state index contributed by atoms with van der Waals surface area (Å²) >= 11 is 0. The van der Waals surface area contributed by atoms with Gasteiger partial charge in [0.25, 0.3) is 0 Å². The molecule has 1 unspecified atom stereocenters. The molecule has 1 atom stereocenters. The Morgan fingerprint density at radius 2 is 2.09 bits per heavy atom. The van der Waals surface area contributed by atoms with Crippen LogP contribution in [0.1, 0.15) is 6.42 Å². The molecule has 0 saturated carbocycles. The molecule has 1 heterocycles. The van der Waals surface area contributed by atoms with E-state index in [1.807, 2.05) is 19.6 Å². The van der Waals surface area contributed by atoms with Crippen molar-refractivity contribution in [3.63, 3.8) is 0 Å². The first-order chi connectivity index (χ1) is 4.88. The van der Waals surface area contributed by atoms with E-state index in [9.17, 15) is 9.90 Å². The predicted octanol–water partition coefficient (Wildman–Crippen LogP) is 0.542. The second kappa shape index (κ2) is 2.32. The number of hydrogen-bond donors (Lipinski definition) is 1. The van der Waals surface area contributed by atoms with Gasteiger partial charge in [0.2, 0.25) is 0 Å². The lowest BCUT2D eigenvalue weighted by Crippen LogP contribution is -2.55. The van der Waals surface area contributed by atoms with Crippen LogP contribution in [0.4, 0.5) is 0 Å². The summed E-state index contributed by atoms with van der Waals surface area (Å²) in [6.07, 6.45) is 0.474. The molecule has 0 aromatic rings. The van der Waals surface area contributed by atoms with E-state index in [0.717, 1.165) is 0 Å². The molecule has 0 amide bonds. The molecule has 0 spiro atoms. The van der Waals surface area contributed by atoms with Crippen LogP contribution in [0.5, 0.6) is 0 Å². The van der Waals surface area contributed by atoms with Crippen molar-refractivity contribution < 1.29 is 14.6 Å². The molecule has 1 aliphatic rings. The lowest BCUT2D eigenvalue weighted by molar-refractivity contribution is -0.147. The van der Waals surface area contributed by atoms with Crippen molar-refractivity contribution >= 4 is 14.0 Å². The van der Waals surface area contributed by atoms with Gasteiger partial charge in [0.15, 0.2) is 5.22 Å². The van der Waals surface area contributed by atoms with Gasteiger partial charge in [-0.05, 0) is 0 Å². The molecule has 0 radical (unpaired) electrons. The lowest BCUT2D eigenvalue weighted by Gasteiger charge is -2.30. The van der Waals surface area contributed by atoms with Gasteiger partial charge in [-0.2, -0.15) is 0 Å². The van der Waals surface area contributed by atoms with Gasteiger partial charge < -0.3 is 9.84 Å². The van der Waals surface area contributed by atoms with E-state index in [4.69, 9.17) is 4.74 Å². The number of hydrogen-bond acceptors (Lipinski definition) is 3. The van der Waals surface area contributed by atoms with E-state index < -0.39 is 19.3 Å². The average molecular weight is 174 g/mol. The Morgan fingerprint density at radius 3 is 2.27 bits per heavy atom. The Bertz CT molecular complexity index is 185. The van der Waals surface area contributed by atoms with Gasteiger partial charge in [0, 0.05) is 6.42 Å². The molecule has 1 saturated heterocycles. The standard InChI is InChI=1S/C7H14O3Si/c1-11(2,3)7(9)4-5-10-6(7)8/h9H,4-5H2,1-3H3. The van der Waals surface area contributed by atoms with Gasteiger partial charge in [0.1, 0.15) is 0 Å². The molecule has 11 heavy (non-hydrogen) atoms. The maximum Gasteiger partial charge on any atom is 0.334 e. The van der Waals surface area contributed by atoms with Crippen molar-refractivity contribution in [1.29, 1.82) is 0 Å². The fourth-order valence-corrected chi connectivity index (χ4v) is 2.73. The Labute approximate surface area is 67.4 Å². The maximum atomic E-state index is 11.1. The van der Waals surface area contributed by atoms with Crippen LogP contribution in [0, 0.1) is 0 Å². The minimum atomic E-state index is -1.83. The molecule has 64 valence electrons. The number of carbonyl (C=O) groups is 1. The minimum absolute atomic E-state index is 0.375. The summed E-state index contributed by atoms with van der Waals surface area (Å²) < 4.78 is 4.74. The zero-order valence-corrected chi connectivity index (χ0v) is 8.18. The van der Waals surface area contributed by atoms with Gasteiger partial charge >= 0.3 is 5.97 Å². The van der Waals surface area contributed by atoms with Crippen molar-refractivity contribution in [2.24, 2.45) is 0 Å². The normalized spacial score (nSPS) is 32.2. The monoisotopic (exact) mass is 174 g/mol. The molecule has 1 fully saturated rings. The molecule has 1 rings (SSSR count). The highest BCUT2D eigenvalue weighted by atomic mass is 28.3. The second-order valence-corrected chi connectivity index (χ2v) is 9.32. The van der Waals surface area contributed by atoms with E-state index >= 15 is 0 Å². The summed E-state index contributed by atoms with van der Waals surface area (Å²) in [6.45, 7) is 6.29. The molecule has 0 aromatic carbocycles. The number of esters is 1. The minimum Gasteiger partial charge on any atom is -0.464 e. The zero-order chi connectivity index (χ0) is 8.70. The average Bonchev–Trinajstić information content (AvgIpc) is 2.12. The van der Waals surface area contributed by atoms with Crippen LogP contribution in [0.25, 0.3) is 0 Å². The summed E-state index contributed by atoms with van der Waals surface area (Å²) in [5.41, 5.74) is 0. The Kier molecular flexibility index (Phi) is 1.84. The molecule has 3 nitrogen and oxygen atoms in total. The predicted molar refractivity (Wildman–Crippen MR) is 43.9 cm³/mol. The molecule has 0 aromatic heterocycles. The van der Waals surface area contributed by atoms with Gasteiger partial charge in [0.05, 0.1) is 14.7 Å². The third kappa shape index (κ3) is 1.20. The SMILES string of the molecule is C[Si](C)(C)C1(O)CCOC1=O. The van der Waals surface area contributed by atoms with E-state index in [2.05, 4.69) is 0 Å². The van der Waals surface area contributed by atoms with Crippen LogP contribution in [-0.2, 0) is 9.53 Å². The lowest BCUT2D eigenvalue weighted by atomic mass is 10.3. The molecular formula is C7H14O3Si. The van der Waals surface area contributed by atoms with Crippen LogP contribution < -0.4 is 0 Å². The van der Waals surface area contributed by atoms with Gasteiger partial charge in [-0.25, -0.2) is 4.79 Å². The van der Waals surface area contributed by atoms with Gasteiger partial charge in [-0.15, -0.1) is 0 Å². The Hall–Kier alpha value is -0.353. The fraction of sp³-hybridized carbons (Fsp3) is 0.857. The first-order valence-corrected chi connectivity index (χ1v) is 7.27. The highest BCUT2D eigenvalue weighted by Crippen LogP contribution is 2.30. The van der Waals surface area contributed by atoms with Gasteiger partial charge in [-0.3, -0.25) is 0 Å². The molecule has 1 N–H and O–H groups in total. The fourth-order valence-electron chi connectivity index (χ4n) is 1.19. The number of aliphatic hydroxyl groups is 1. The number of cyclic esters (lactones) is 1. The molecule has 0 aliphatic carbocycles. The number of ether oxygens (including phenoxy) is 1. The first-order valence-electron chi connectivity index (χ1n) is 3.77. The van der Waals surface area contributed by atoms with Crippen LogP contribution in [0.15, 0.2) is 0 Å². The Balaban J connectivity index is 2.90. The van der Waals surface area contributed by atoms with Crippen molar-refractivity contribution in [1.82, 2.24) is 0 Å². The van der Waals surface area contributed by atoms with E-state index in [0.29, 0.717) is 13.0 Å². The van der Waals surface area contributed by atoms with Crippen LogP contribution in [0.2, 0.25) is 19.6 Å². The Morgan fingerprint density at radius 1 is 1.55 bits per heavy atom. The summed E-state index contributed by atoms with van der Waals surface area (Å²) in [5, 5.41) is 8.75. The van der Waals surface area contributed by atoms with Crippen LogP contribution in [-0.4, -0.2) is 31.0 Å². The third-order valence-corrected chi connectivity index (χ3v) is 5.21. The second-order valence-electron chi connectivity index (χ2n) is 4.00. The van der Waals surface area contributed by atoms with Crippen molar-refractivity contribution in [2.45, 2.75) is 31.3 Å². The summed E-state index contributed by atoms with van der Waals surface area (Å²) in [5.74, 6) is -0.420. The molecular weight excluding hydrogens is 160 g/mol. The molecule has 1 aliphatic heterocycles. The topological polar surface area (TPSA) is 46.5 Å². The van der Waals surface area contributed by atoms with Crippen LogP contribution in [0.3, 0.4) is 0 Å². The number of carbonyl (C=O) groups excluding carboxylic acids is 1. The smallest absolute Gasteiger partial charge is 0.334 e. The van der Waals surface area contributed by atoms with Crippen molar-refractivity contribution in [3.05, 3.63) is 0 Å². The maximum absolute atomic E-state index is 11.1. The quantitative estimate of drug-likeness (QED) is 0.466. The van der Waals surface area contributed by atoms with Crippen molar-refractivity contribution in [3.8, 4) is 0 Å². The highest BCUT2D eigenvalue weighted by Gasteiger charge is 2.52. The first kappa shape index (κ1) is 8.74. The largest absolute Gasteiger partial charge is 0.464 e. The summed E-state index contributed by atoms with van der Waals surface area (Å²) in [7, 11) is -1.83. The summed E-state index contributed by atoms with van der Waals surface area (Å²) in [4.78, 5) is 11.1. The zero-order valence-electron chi connectivity index (χ0n) is 7.18. The molecule has 4 heteroatoms. The van der Waals surface area contributed by atoms with E-state index in [-0.39, 0.29) is 0 Å². The van der Waals surface area contributed by atoms with Crippen LogP contribution >= 0.6 is 0 Å². The number of rotatable bonds is 1. The van der Waals surface area contributed by atoms with Gasteiger partial charge in [-0.1, -0.05) is 19.6 Å². The third-order valence-electron chi connectivity index (χ3n) is 2.28. The van der Waals surface area contributed by atoms with E-state index in [1.54, 1.807) is 0 Å². The summed E-state index contributed by atoms with van der Waals surface area (Å²) in [6, 6.07) is 0. The van der Waals surface area contributed by atoms with E-state index in [1.165, 1.54) is 0 Å². The molecule has 0 bridgehead atoms. The van der Waals surface area contributed by atoms with Crippen molar-refractivity contribution in [2.75, 3.05) is 6.61 Å². The highest BCUT2D eigenvalue weighted by molar-refractivity contribution is 6.82.